The second-order valence-corrected chi connectivity index (χ2v) is 6.48. The Bertz CT molecular complexity index is 803. The first-order valence-corrected chi connectivity index (χ1v) is 8.69. The van der Waals surface area contributed by atoms with Gasteiger partial charge in [0.1, 0.15) is 5.82 Å². The smallest absolute Gasteiger partial charge is 0.221 e. The Labute approximate surface area is 168 Å². The summed E-state index contributed by atoms with van der Waals surface area (Å²) in [6.45, 7) is 3.88. The number of nitrogens with one attached hydrogen (secondary N) is 1. The minimum Gasteiger partial charge on any atom is -0.369 e. The molecule has 1 aromatic carbocycles. The molecule has 0 saturated heterocycles. The van der Waals surface area contributed by atoms with Gasteiger partial charge in [0.25, 0.3) is 0 Å². The van der Waals surface area contributed by atoms with Crippen LogP contribution >= 0.6 is 24.0 Å². The number of nitrogens with zero attached hydrogens (tertiary/aromatic N) is 1. The predicted octanol–water partition coefficient (Wildman–Crippen LogP) is 3.69. The van der Waals surface area contributed by atoms with Gasteiger partial charge in [0.2, 0.25) is 5.91 Å². The van der Waals surface area contributed by atoms with Crippen molar-refractivity contribution in [3.8, 4) is 0 Å². The average Bonchev–Trinajstić information content (AvgIpc) is 2.63. The maximum absolute atomic E-state index is 15.1. The number of benzene rings is 1. The van der Waals surface area contributed by atoms with Crippen LogP contribution in [0.25, 0.3) is 0 Å². The molecule has 1 heterocycles. The third kappa shape index (κ3) is 5.48. The predicted molar refractivity (Wildman–Crippen MR) is 106 cm³/mol. The lowest BCUT2D eigenvalue weighted by molar-refractivity contribution is -0.121. The maximum atomic E-state index is 15.1. The fourth-order valence-electron chi connectivity index (χ4n) is 2.58. The number of primary amides is 1. The highest BCUT2D eigenvalue weighted by Crippen LogP contribution is 2.29. The number of pyridine rings is 1. The molecule has 0 aliphatic carbocycles. The van der Waals surface area contributed by atoms with Crippen LogP contribution in [0.4, 0.5) is 4.39 Å². The third-order valence-electron chi connectivity index (χ3n) is 4.21. The molecule has 27 heavy (non-hydrogen) atoms. The van der Waals surface area contributed by atoms with Crippen molar-refractivity contribution in [3.05, 3.63) is 64.2 Å². The van der Waals surface area contributed by atoms with Gasteiger partial charge < -0.3 is 11.1 Å². The number of ketones is 1. The van der Waals surface area contributed by atoms with E-state index in [1.807, 2.05) is 6.92 Å². The fraction of sp³-hybridized carbons (Fsp3) is 0.316. The number of carbonyl (C=O) groups excluding carboxylic acids is 2. The molecule has 0 bridgehead atoms. The van der Waals surface area contributed by atoms with Crippen LogP contribution in [-0.4, -0.2) is 23.2 Å². The second kappa shape index (κ2) is 10.3. The summed E-state index contributed by atoms with van der Waals surface area (Å²) in [5, 5.41) is 3.17. The minimum atomic E-state index is -0.669. The van der Waals surface area contributed by atoms with Crippen LogP contribution in [0.15, 0.2) is 36.7 Å². The molecule has 5 nitrogen and oxygen atoms in total. The van der Waals surface area contributed by atoms with Crippen LogP contribution in [0.2, 0.25) is 5.02 Å². The van der Waals surface area contributed by atoms with E-state index in [-0.39, 0.29) is 34.6 Å². The van der Waals surface area contributed by atoms with Crippen molar-refractivity contribution in [2.45, 2.75) is 26.3 Å². The van der Waals surface area contributed by atoms with Crippen LogP contribution in [0.1, 0.15) is 47.8 Å². The number of hydrogen-bond acceptors (Lipinski definition) is 4. The molecular weight excluding hydrogens is 392 g/mol. The van der Waals surface area contributed by atoms with Crippen molar-refractivity contribution in [1.82, 2.24) is 10.3 Å². The van der Waals surface area contributed by atoms with E-state index in [2.05, 4.69) is 10.3 Å². The van der Waals surface area contributed by atoms with Crippen LogP contribution < -0.4 is 11.1 Å². The average molecular weight is 414 g/mol. The van der Waals surface area contributed by atoms with Crippen LogP contribution in [-0.2, 0) is 4.79 Å². The van der Waals surface area contributed by atoms with E-state index in [4.69, 9.17) is 17.3 Å². The highest BCUT2D eigenvalue weighted by atomic mass is 35.5. The monoisotopic (exact) mass is 413 g/mol. The summed E-state index contributed by atoms with van der Waals surface area (Å²) >= 11 is 6.10. The number of carbonyl (C=O) groups is 2. The Morgan fingerprint density at radius 3 is 2.59 bits per heavy atom. The molecule has 1 aromatic heterocycles. The summed E-state index contributed by atoms with van der Waals surface area (Å²) in [7, 11) is 0. The van der Waals surface area contributed by atoms with Gasteiger partial charge >= 0.3 is 0 Å². The first-order valence-electron chi connectivity index (χ1n) is 8.32. The second-order valence-electron chi connectivity index (χ2n) is 6.07. The van der Waals surface area contributed by atoms with E-state index in [0.717, 1.165) is 0 Å². The summed E-state index contributed by atoms with van der Waals surface area (Å²) in [5.74, 6) is -2.02. The van der Waals surface area contributed by atoms with Gasteiger partial charge in [-0.2, -0.15) is 0 Å². The quantitative estimate of drug-likeness (QED) is 0.646. The molecule has 1 amide bonds. The molecule has 1 unspecified atom stereocenters. The van der Waals surface area contributed by atoms with Crippen LogP contribution in [0.5, 0.6) is 0 Å². The van der Waals surface area contributed by atoms with Gasteiger partial charge in [-0.1, -0.05) is 31.5 Å². The topological polar surface area (TPSA) is 85.1 Å². The van der Waals surface area contributed by atoms with Crippen molar-refractivity contribution in [2.24, 2.45) is 11.7 Å². The lowest BCUT2D eigenvalue weighted by Gasteiger charge is -2.21. The SMILES string of the molecule is CC[C@@H](NCC(C)C(N)=O)c1ccc(Cl)c(C(=O)c2cccnc2)c1F.Cl. The van der Waals surface area contributed by atoms with Gasteiger partial charge in [0, 0.05) is 42.0 Å². The standard InChI is InChI=1S/C19H21ClFN3O2.ClH/c1-3-15(24-9-11(2)19(22)26)13-6-7-14(20)16(17(13)21)18(25)12-5-4-8-23-10-12;/h4-8,10-11,15,24H,3,9H2,1-2H3,(H2,22,26);1H/t11?,15-;/m1./s1. The Hall–Kier alpha value is -2.02. The Morgan fingerprint density at radius 1 is 1.33 bits per heavy atom. The molecule has 0 spiro atoms. The van der Waals surface area contributed by atoms with E-state index in [1.165, 1.54) is 18.5 Å². The lowest BCUT2D eigenvalue weighted by Crippen LogP contribution is -2.33. The minimum absolute atomic E-state index is 0. The molecule has 2 aromatic rings. The zero-order valence-corrected chi connectivity index (χ0v) is 16.6. The van der Waals surface area contributed by atoms with E-state index in [0.29, 0.717) is 18.5 Å². The molecule has 0 aliphatic heterocycles. The number of halogens is 3. The van der Waals surface area contributed by atoms with Gasteiger partial charge in [0.05, 0.1) is 10.6 Å². The van der Waals surface area contributed by atoms with Crippen molar-refractivity contribution in [2.75, 3.05) is 6.54 Å². The van der Waals surface area contributed by atoms with Gasteiger partial charge in [-0.05, 0) is 24.6 Å². The van der Waals surface area contributed by atoms with Crippen molar-refractivity contribution >= 4 is 35.7 Å². The number of aromatic nitrogens is 1. The van der Waals surface area contributed by atoms with Crippen LogP contribution in [0, 0.1) is 11.7 Å². The Kier molecular flexibility index (Phi) is 8.82. The van der Waals surface area contributed by atoms with E-state index in [1.54, 1.807) is 25.1 Å². The number of hydrogen-bond donors (Lipinski definition) is 2. The molecular formula is C19H22Cl2FN3O2. The summed E-state index contributed by atoms with van der Waals surface area (Å²) in [5.41, 5.74) is 5.66. The molecule has 3 N–H and O–H groups in total. The van der Waals surface area contributed by atoms with Crippen molar-refractivity contribution in [1.29, 1.82) is 0 Å². The van der Waals surface area contributed by atoms with Gasteiger partial charge in [-0.3, -0.25) is 14.6 Å². The lowest BCUT2D eigenvalue weighted by atomic mass is 9.96. The highest BCUT2D eigenvalue weighted by Gasteiger charge is 2.24. The zero-order valence-electron chi connectivity index (χ0n) is 15.0. The van der Waals surface area contributed by atoms with Crippen molar-refractivity contribution < 1.29 is 14.0 Å². The molecule has 0 fully saturated rings. The van der Waals surface area contributed by atoms with E-state index in [9.17, 15) is 9.59 Å². The van der Waals surface area contributed by atoms with Gasteiger partial charge in [0.15, 0.2) is 5.78 Å². The Balaban J connectivity index is 0.00000364. The number of nitrogens with two attached hydrogens (primary N) is 1. The molecule has 0 aliphatic rings. The summed E-state index contributed by atoms with van der Waals surface area (Å²) < 4.78 is 15.1. The number of rotatable bonds is 8. The van der Waals surface area contributed by atoms with E-state index < -0.39 is 23.4 Å². The molecule has 2 rings (SSSR count). The summed E-state index contributed by atoms with van der Waals surface area (Å²) in [4.78, 5) is 27.7. The van der Waals surface area contributed by atoms with Crippen molar-refractivity contribution in [3.63, 3.8) is 0 Å². The summed E-state index contributed by atoms with van der Waals surface area (Å²) in [6.07, 6.45) is 3.46. The highest BCUT2D eigenvalue weighted by molar-refractivity contribution is 6.35. The fourth-order valence-corrected chi connectivity index (χ4v) is 2.81. The molecule has 8 heteroatoms. The number of amides is 1. The van der Waals surface area contributed by atoms with Crippen LogP contribution in [0.3, 0.4) is 0 Å². The first kappa shape index (κ1) is 23.0. The van der Waals surface area contributed by atoms with Gasteiger partial charge in [-0.15, -0.1) is 12.4 Å². The molecule has 2 atom stereocenters. The van der Waals surface area contributed by atoms with Gasteiger partial charge in [-0.25, -0.2) is 4.39 Å². The van der Waals surface area contributed by atoms with E-state index >= 15 is 4.39 Å². The maximum Gasteiger partial charge on any atom is 0.221 e. The first-order chi connectivity index (χ1) is 12.4. The zero-order chi connectivity index (χ0) is 19.3. The summed E-state index contributed by atoms with van der Waals surface area (Å²) in [6, 6.07) is 5.83. The Morgan fingerprint density at radius 2 is 2.04 bits per heavy atom. The molecule has 146 valence electrons. The molecule has 0 radical (unpaired) electrons. The largest absolute Gasteiger partial charge is 0.369 e. The molecule has 0 saturated carbocycles. The third-order valence-corrected chi connectivity index (χ3v) is 4.53. The normalized spacial score (nSPS) is 12.7.